The van der Waals surface area contributed by atoms with E-state index in [1.54, 1.807) is 19.3 Å². The summed E-state index contributed by atoms with van der Waals surface area (Å²) in [6, 6.07) is 8.30. The van der Waals surface area contributed by atoms with E-state index in [4.69, 9.17) is 4.74 Å². The number of hydrogen-bond acceptors (Lipinski definition) is 5. The molecule has 0 unspecified atom stereocenters. The highest BCUT2D eigenvalue weighted by Crippen LogP contribution is 2.25. The number of nitrogens with zero attached hydrogens (tertiary/aromatic N) is 2. The number of rotatable bonds is 6. The highest BCUT2D eigenvalue weighted by Gasteiger charge is 2.11. The topological polar surface area (TPSA) is 77.3 Å². The van der Waals surface area contributed by atoms with Crippen molar-refractivity contribution in [2.45, 2.75) is 13.2 Å². The Balaban J connectivity index is 2.14. The van der Waals surface area contributed by atoms with Crippen LogP contribution in [0.25, 0.3) is 0 Å². The van der Waals surface area contributed by atoms with Crippen molar-refractivity contribution in [3.63, 3.8) is 0 Å². The number of benzene rings is 1. The third-order valence-corrected chi connectivity index (χ3v) is 3.26. The number of nitro groups is 1. The van der Waals surface area contributed by atoms with Gasteiger partial charge in [-0.05, 0) is 41.2 Å². The average molecular weight is 352 g/mol. The third-order valence-electron chi connectivity index (χ3n) is 2.79. The SMILES string of the molecule is CNCc1cc([N+](=O)[O-])ccc1OCc1ccc(Br)cn1. The van der Waals surface area contributed by atoms with Gasteiger partial charge < -0.3 is 10.1 Å². The third kappa shape index (κ3) is 4.24. The van der Waals surface area contributed by atoms with E-state index in [0.717, 1.165) is 15.7 Å². The Hall–Kier alpha value is -1.99. The van der Waals surface area contributed by atoms with E-state index in [-0.39, 0.29) is 5.69 Å². The van der Waals surface area contributed by atoms with Crippen LogP contribution in [0.4, 0.5) is 5.69 Å². The summed E-state index contributed by atoms with van der Waals surface area (Å²) < 4.78 is 6.61. The van der Waals surface area contributed by atoms with Crippen molar-refractivity contribution in [3.05, 3.63) is 62.4 Å². The van der Waals surface area contributed by atoms with Gasteiger partial charge in [0.05, 0.1) is 10.6 Å². The molecule has 0 spiro atoms. The molecule has 0 bridgehead atoms. The molecule has 110 valence electrons. The molecule has 6 nitrogen and oxygen atoms in total. The molecular formula is C14H14BrN3O3. The molecule has 0 fully saturated rings. The minimum atomic E-state index is -0.417. The Morgan fingerprint density at radius 2 is 2.19 bits per heavy atom. The molecule has 1 aromatic heterocycles. The van der Waals surface area contributed by atoms with Crippen molar-refractivity contribution in [3.8, 4) is 5.75 Å². The second-order valence-corrected chi connectivity index (χ2v) is 5.25. The second kappa shape index (κ2) is 7.14. The molecule has 1 N–H and O–H groups in total. The van der Waals surface area contributed by atoms with Crippen LogP contribution in [-0.4, -0.2) is 17.0 Å². The standard InChI is InChI=1S/C14H14BrN3O3/c1-16-7-10-6-13(18(19)20)4-5-14(10)21-9-12-3-2-11(15)8-17-12/h2-6,8,16H,7,9H2,1H3. The average Bonchev–Trinajstić information content (AvgIpc) is 2.47. The molecule has 7 heteroatoms. The van der Waals surface area contributed by atoms with Gasteiger partial charge in [0.25, 0.3) is 5.69 Å². The monoisotopic (exact) mass is 351 g/mol. The van der Waals surface area contributed by atoms with E-state index in [9.17, 15) is 10.1 Å². The predicted molar refractivity (Wildman–Crippen MR) is 82.1 cm³/mol. The zero-order valence-electron chi connectivity index (χ0n) is 11.4. The van der Waals surface area contributed by atoms with E-state index in [0.29, 0.717) is 18.9 Å². The summed E-state index contributed by atoms with van der Waals surface area (Å²) >= 11 is 3.32. The summed E-state index contributed by atoms with van der Waals surface area (Å²) in [5.41, 5.74) is 1.57. The van der Waals surface area contributed by atoms with Gasteiger partial charge in [-0.15, -0.1) is 0 Å². The number of pyridine rings is 1. The lowest BCUT2D eigenvalue weighted by atomic mass is 10.1. The van der Waals surface area contributed by atoms with Crippen LogP contribution in [0.15, 0.2) is 41.0 Å². The Kier molecular flexibility index (Phi) is 5.24. The fourth-order valence-corrected chi connectivity index (χ4v) is 2.03. The van der Waals surface area contributed by atoms with Gasteiger partial charge in [-0.25, -0.2) is 0 Å². The molecule has 21 heavy (non-hydrogen) atoms. The molecule has 0 aliphatic heterocycles. The highest BCUT2D eigenvalue weighted by atomic mass is 79.9. The summed E-state index contributed by atoms with van der Waals surface area (Å²) in [6.07, 6.45) is 1.70. The first kappa shape index (κ1) is 15.4. The van der Waals surface area contributed by atoms with Crippen molar-refractivity contribution in [1.82, 2.24) is 10.3 Å². The van der Waals surface area contributed by atoms with Gasteiger partial charge in [-0.3, -0.25) is 15.1 Å². The molecule has 0 atom stereocenters. The molecule has 0 saturated heterocycles. The van der Waals surface area contributed by atoms with Crippen molar-refractivity contribution >= 4 is 21.6 Å². The minimum absolute atomic E-state index is 0.0503. The van der Waals surface area contributed by atoms with E-state index >= 15 is 0 Å². The van der Waals surface area contributed by atoms with Gasteiger partial charge in [0.2, 0.25) is 0 Å². The number of halogens is 1. The first-order valence-electron chi connectivity index (χ1n) is 6.25. The minimum Gasteiger partial charge on any atom is -0.487 e. The fourth-order valence-electron chi connectivity index (χ4n) is 1.79. The van der Waals surface area contributed by atoms with Gasteiger partial charge in [0, 0.05) is 34.9 Å². The van der Waals surface area contributed by atoms with Crippen molar-refractivity contribution in [2.75, 3.05) is 7.05 Å². The zero-order chi connectivity index (χ0) is 15.2. The summed E-state index contributed by atoms with van der Waals surface area (Å²) in [7, 11) is 1.78. The Labute approximate surface area is 130 Å². The maximum atomic E-state index is 10.8. The number of hydrogen-bond donors (Lipinski definition) is 1. The molecule has 0 amide bonds. The largest absolute Gasteiger partial charge is 0.487 e. The molecule has 1 heterocycles. The lowest BCUT2D eigenvalue weighted by Gasteiger charge is -2.11. The number of ether oxygens (including phenoxy) is 1. The van der Waals surface area contributed by atoms with Crippen LogP contribution in [0.5, 0.6) is 5.75 Å². The Bertz CT molecular complexity index is 632. The molecular weight excluding hydrogens is 338 g/mol. The van der Waals surface area contributed by atoms with E-state index in [1.807, 2.05) is 12.1 Å². The molecule has 2 rings (SSSR count). The highest BCUT2D eigenvalue weighted by molar-refractivity contribution is 9.10. The Morgan fingerprint density at radius 3 is 2.81 bits per heavy atom. The number of nitrogens with one attached hydrogen (secondary N) is 1. The molecule has 0 saturated carbocycles. The lowest BCUT2D eigenvalue weighted by molar-refractivity contribution is -0.384. The lowest BCUT2D eigenvalue weighted by Crippen LogP contribution is -2.08. The maximum Gasteiger partial charge on any atom is 0.270 e. The van der Waals surface area contributed by atoms with Crippen molar-refractivity contribution < 1.29 is 9.66 Å². The normalized spacial score (nSPS) is 10.4. The summed E-state index contributed by atoms with van der Waals surface area (Å²) in [6.45, 7) is 0.798. The fraction of sp³-hybridized carbons (Fsp3) is 0.214. The van der Waals surface area contributed by atoms with Crippen LogP contribution in [0.3, 0.4) is 0 Å². The first-order valence-corrected chi connectivity index (χ1v) is 7.04. The number of non-ortho nitro benzene ring substituents is 1. The first-order chi connectivity index (χ1) is 10.1. The second-order valence-electron chi connectivity index (χ2n) is 4.34. The Morgan fingerprint density at radius 1 is 1.38 bits per heavy atom. The van der Waals surface area contributed by atoms with Crippen molar-refractivity contribution in [2.24, 2.45) is 0 Å². The molecule has 1 aromatic carbocycles. The van der Waals surface area contributed by atoms with E-state index in [1.165, 1.54) is 12.1 Å². The summed E-state index contributed by atoms with van der Waals surface area (Å²) in [5, 5.41) is 13.8. The summed E-state index contributed by atoms with van der Waals surface area (Å²) in [5.74, 6) is 0.611. The van der Waals surface area contributed by atoms with Crippen LogP contribution >= 0.6 is 15.9 Å². The van der Waals surface area contributed by atoms with Gasteiger partial charge in [0.1, 0.15) is 12.4 Å². The van der Waals surface area contributed by atoms with Gasteiger partial charge in [0.15, 0.2) is 0 Å². The number of nitro benzene ring substituents is 1. The molecule has 0 aliphatic rings. The smallest absolute Gasteiger partial charge is 0.270 e. The van der Waals surface area contributed by atoms with Crippen LogP contribution in [-0.2, 0) is 13.2 Å². The number of aromatic nitrogens is 1. The van der Waals surface area contributed by atoms with Crippen molar-refractivity contribution in [1.29, 1.82) is 0 Å². The van der Waals surface area contributed by atoms with Gasteiger partial charge in [-0.2, -0.15) is 0 Å². The molecule has 0 aliphatic carbocycles. The quantitative estimate of drug-likeness (QED) is 0.639. The van der Waals surface area contributed by atoms with Gasteiger partial charge >= 0.3 is 0 Å². The zero-order valence-corrected chi connectivity index (χ0v) is 13.0. The molecule has 2 aromatic rings. The maximum absolute atomic E-state index is 10.8. The van der Waals surface area contributed by atoms with Crippen LogP contribution < -0.4 is 10.1 Å². The van der Waals surface area contributed by atoms with Crippen LogP contribution in [0.1, 0.15) is 11.3 Å². The predicted octanol–water partition coefficient (Wildman–Crippen LogP) is 3.05. The molecule has 0 radical (unpaired) electrons. The summed E-state index contributed by atoms with van der Waals surface area (Å²) in [4.78, 5) is 14.6. The van der Waals surface area contributed by atoms with Crippen LogP contribution in [0, 0.1) is 10.1 Å². The van der Waals surface area contributed by atoms with Gasteiger partial charge in [-0.1, -0.05) is 0 Å². The van der Waals surface area contributed by atoms with E-state index < -0.39 is 4.92 Å². The van der Waals surface area contributed by atoms with Crippen LogP contribution in [0.2, 0.25) is 0 Å². The van der Waals surface area contributed by atoms with E-state index in [2.05, 4.69) is 26.2 Å².